The zero-order valence-electron chi connectivity index (χ0n) is 11.4. The number of hydrogen-bond donors (Lipinski definition) is 2. The molecule has 1 amide bonds. The van der Waals surface area contributed by atoms with Crippen molar-refractivity contribution in [2.45, 2.75) is 44.9 Å². The Kier molecular flexibility index (Phi) is 8.53. The number of unbranched alkanes of at least 4 members (excludes halogenated alkanes) is 3. The second-order valence-corrected chi connectivity index (χ2v) is 6.55. The molecule has 0 spiro atoms. The molecule has 1 aromatic rings. The van der Waals surface area contributed by atoms with Crippen LogP contribution in [0.15, 0.2) is 15.9 Å². The summed E-state index contributed by atoms with van der Waals surface area (Å²) >= 11 is 5.05. The van der Waals surface area contributed by atoms with Gasteiger partial charge in [-0.3, -0.25) is 9.59 Å². The molecule has 1 rings (SSSR count). The number of thiophene rings is 1. The molecule has 0 aliphatic rings. The molecule has 1 aromatic heterocycles. The lowest BCUT2D eigenvalue weighted by Crippen LogP contribution is -2.24. The number of carboxylic acid groups (broad SMARTS) is 1. The highest BCUT2D eigenvalue weighted by Crippen LogP contribution is 2.20. The summed E-state index contributed by atoms with van der Waals surface area (Å²) in [5.74, 6) is -0.654. The Morgan fingerprint density at radius 1 is 1.20 bits per heavy atom. The van der Waals surface area contributed by atoms with Gasteiger partial charge in [0.2, 0.25) is 5.91 Å². The highest BCUT2D eigenvalue weighted by atomic mass is 79.9. The van der Waals surface area contributed by atoms with Crippen LogP contribution in [0.4, 0.5) is 0 Å². The molecule has 0 unspecified atom stereocenters. The third-order valence-electron chi connectivity index (χ3n) is 2.86. The quantitative estimate of drug-likeness (QED) is 0.625. The van der Waals surface area contributed by atoms with E-state index in [4.69, 9.17) is 5.11 Å². The van der Waals surface area contributed by atoms with Crippen LogP contribution in [0, 0.1) is 0 Å². The van der Waals surface area contributed by atoms with E-state index in [1.54, 1.807) is 11.3 Å². The van der Waals surface area contributed by atoms with E-state index in [2.05, 4.69) is 21.2 Å². The van der Waals surface area contributed by atoms with Crippen molar-refractivity contribution < 1.29 is 14.7 Å². The first-order valence-electron chi connectivity index (χ1n) is 6.79. The molecule has 0 aliphatic heterocycles. The maximum absolute atomic E-state index is 11.6. The maximum atomic E-state index is 11.6. The van der Waals surface area contributed by atoms with Gasteiger partial charge in [-0.15, -0.1) is 11.3 Å². The van der Waals surface area contributed by atoms with Crippen LogP contribution in [0.25, 0.3) is 0 Å². The second-order valence-electron chi connectivity index (χ2n) is 4.64. The number of hydrogen-bond acceptors (Lipinski definition) is 3. The normalized spacial score (nSPS) is 10.4. The maximum Gasteiger partial charge on any atom is 0.303 e. The molecular weight excluding hydrogens is 342 g/mol. The highest BCUT2D eigenvalue weighted by Gasteiger charge is 2.03. The van der Waals surface area contributed by atoms with Crippen LogP contribution in [0.1, 0.15) is 43.4 Å². The van der Waals surface area contributed by atoms with Gasteiger partial charge in [0.15, 0.2) is 0 Å². The average Bonchev–Trinajstić information content (AvgIpc) is 2.81. The van der Waals surface area contributed by atoms with Crippen molar-refractivity contribution in [2.24, 2.45) is 0 Å². The number of nitrogens with one attached hydrogen (secondary N) is 1. The fraction of sp³-hybridized carbons (Fsp3) is 0.571. The molecule has 20 heavy (non-hydrogen) atoms. The van der Waals surface area contributed by atoms with Crippen molar-refractivity contribution in [3.05, 3.63) is 20.8 Å². The van der Waals surface area contributed by atoms with Gasteiger partial charge in [-0.1, -0.05) is 12.8 Å². The fourth-order valence-corrected chi connectivity index (χ4v) is 3.25. The zero-order valence-corrected chi connectivity index (χ0v) is 13.8. The van der Waals surface area contributed by atoms with Crippen LogP contribution in [-0.2, 0) is 16.0 Å². The van der Waals surface area contributed by atoms with Gasteiger partial charge in [0.25, 0.3) is 0 Å². The van der Waals surface area contributed by atoms with Crippen LogP contribution in [-0.4, -0.2) is 23.5 Å². The van der Waals surface area contributed by atoms with Gasteiger partial charge in [0.1, 0.15) is 0 Å². The Morgan fingerprint density at radius 2 is 1.95 bits per heavy atom. The molecule has 0 fully saturated rings. The van der Waals surface area contributed by atoms with E-state index in [0.29, 0.717) is 13.0 Å². The van der Waals surface area contributed by atoms with Crippen LogP contribution < -0.4 is 5.32 Å². The number of carbonyl (C=O) groups excluding carboxylic acids is 1. The van der Waals surface area contributed by atoms with Gasteiger partial charge in [-0.2, -0.15) is 0 Å². The summed E-state index contributed by atoms with van der Waals surface area (Å²) < 4.78 is 1.07. The molecule has 0 saturated carbocycles. The minimum atomic E-state index is -0.737. The van der Waals surface area contributed by atoms with Crippen molar-refractivity contribution >= 4 is 39.1 Å². The standard InChI is InChI=1S/C14H20BrNO3S/c15-11-9-12(20-10-11)6-7-13(17)16-8-4-2-1-3-5-14(18)19/h9-10H,1-8H2,(H,16,17)(H,18,19). The number of carbonyl (C=O) groups is 2. The summed E-state index contributed by atoms with van der Waals surface area (Å²) in [5.41, 5.74) is 0. The Labute approximate surface area is 131 Å². The molecule has 4 nitrogen and oxygen atoms in total. The van der Waals surface area contributed by atoms with Crippen molar-refractivity contribution in [3.63, 3.8) is 0 Å². The van der Waals surface area contributed by atoms with Gasteiger partial charge in [-0.05, 0) is 41.3 Å². The van der Waals surface area contributed by atoms with Crippen LogP contribution in [0.2, 0.25) is 0 Å². The third-order valence-corrected chi connectivity index (χ3v) is 4.62. The lowest BCUT2D eigenvalue weighted by molar-refractivity contribution is -0.137. The van der Waals surface area contributed by atoms with Gasteiger partial charge in [-0.25, -0.2) is 0 Å². The van der Waals surface area contributed by atoms with Crippen molar-refractivity contribution in [3.8, 4) is 0 Å². The Balaban J connectivity index is 1.96. The molecule has 6 heteroatoms. The second kappa shape index (κ2) is 9.94. The molecule has 0 bridgehead atoms. The van der Waals surface area contributed by atoms with Crippen LogP contribution in [0.3, 0.4) is 0 Å². The van der Waals surface area contributed by atoms with Gasteiger partial charge < -0.3 is 10.4 Å². The summed E-state index contributed by atoms with van der Waals surface area (Å²) in [6.07, 6.45) is 5.04. The first-order chi connectivity index (χ1) is 9.58. The summed E-state index contributed by atoms with van der Waals surface area (Å²) in [6.45, 7) is 0.681. The first-order valence-corrected chi connectivity index (χ1v) is 8.46. The van der Waals surface area contributed by atoms with E-state index >= 15 is 0 Å². The van der Waals surface area contributed by atoms with E-state index in [0.717, 1.165) is 36.6 Å². The summed E-state index contributed by atoms with van der Waals surface area (Å²) in [4.78, 5) is 23.1. The third kappa shape index (κ3) is 8.32. The number of halogens is 1. The van der Waals surface area contributed by atoms with Crippen LogP contribution in [0.5, 0.6) is 0 Å². The van der Waals surface area contributed by atoms with Crippen molar-refractivity contribution in [1.29, 1.82) is 0 Å². The minimum Gasteiger partial charge on any atom is -0.481 e. The lowest BCUT2D eigenvalue weighted by Gasteiger charge is -2.04. The predicted molar refractivity (Wildman–Crippen MR) is 84.1 cm³/mol. The first kappa shape index (κ1) is 17.2. The molecule has 0 aliphatic carbocycles. The van der Waals surface area contributed by atoms with E-state index in [1.165, 1.54) is 4.88 Å². The predicted octanol–water partition coefficient (Wildman–Crippen LogP) is 3.59. The summed E-state index contributed by atoms with van der Waals surface area (Å²) in [6, 6.07) is 2.04. The molecular formula is C14H20BrNO3S. The molecule has 0 atom stereocenters. The Bertz CT molecular complexity index is 434. The largest absolute Gasteiger partial charge is 0.481 e. The molecule has 0 saturated heterocycles. The van der Waals surface area contributed by atoms with Gasteiger partial charge in [0, 0.05) is 34.1 Å². The van der Waals surface area contributed by atoms with Gasteiger partial charge in [0.05, 0.1) is 0 Å². The molecule has 112 valence electrons. The molecule has 1 heterocycles. The monoisotopic (exact) mass is 361 g/mol. The molecule has 2 N–H and O–H groups in total. The minimum absolute atomic E-state index is 0.0834. The number of rotatable bonds is 10. The number of amides is 1. The lowest BCUT2D eigenvalue weighted by atomic mass is 10.1. The van der Waals surface area contributed by atoms with E-state index in [1.807, 2.05) is 11.4 Å². The number of aryl methyl sites for hydroxylation is 1. The topological polar surface area (TPSA) is 66.4 Å². The summed E-state index contributed by atoms with van der Waals surface area (Å²) in [5, 5.41) is 13.4. The molecule has 0 aromatic carbocycles. The molecule has 0 radical (unpaired) electrons. The highest BCUT2D eigenvalue weighted by molar-refractivity contribution is 9.10. The van der Waals surface area contributed by atoms with Crippen molar-refractivity contribution in [2.75, 3.05) is 6.54 Å². The smallest absolute Gasteiger partial charge is 0.303 e. The van der Waals surface area contributed by atoms with E-state index < -0.39 is 5.97 Å². The SMILES string of the molecule is O=C(O)CCCCCCNC(=O)CCc1cc(Br)cs1. The average molecular weight is 362 g/mol. The van der Waals surface area contributed by atoms with E-state index in [9.17, 15) is 9.59 Å². The Hall–Kier alpha value is -0.880. The number of carboxylic acids is 1. The van der Waals surface area contributed by atoms with Crippen LogP contribution >= 0.6 is 27.3 Å². The van der Waals surface area contributed by atoms with Crippen molar-refractivity contribution in [1.82, 2.24) is 5.32 Å². The number of aliphatic carboxylic acids is 1. The van der Waals surface area contributed by atoms with E-state index in [-0.39, 0.29) is 12.3 Å². The summed E-state index contributed by atoms with van der Waals surface area (Å²) in [7, 11) is 0. The zero-order chi connectivity index (χ0) is 14.8. The fourth-order valence-electron chi connectivity index (χ4n) is 1.79. The Morgan fingerprint density at radius 3 is 2.60 bits per heavy atom. The van der Waals surface area contributed by atoms with Gasteiger partial charge >= 0.3 is 5.97 Å².